The number of nitrogens with one attached hydrogen (secondary N) is 1. The zero-order chi connectivity index (χ0) is 15.6. The van der Waals surface area contributed by atoms with Crippen LogP contribution in [0.2, 0.25) is 0 Å². The van der Waals surface area contributed by atoms with Crippen LogP contribution in [0.25, 0.3) is 0 Å². The van der Waals surface area contributed by atoms with E-state index in [4.69, 9.17) is 10.5 Å². The van der Waals surface area contributed by atoms with E-state index in [9.17, 15) is 4.79 Å². The molecule has 1 amide bonds. The van der Waals surface area contributed by atoms with E-state index in [1.54, 1.807) is 7.11 Å². The van der Waals surface area contributed by atoms with Crippen LogP contribution in [0.4, 0.5) is 0 Å². The third-order valence-electron chi connectivity index (χ3n) is 3.77. The molecule has 0 unspecified atom stereocenters. The largest absolute Gasteiger partial charge is 0.497 e. The van der Waals surface area contributed by atoms with Crippen molar-refractivity contribution in [3.8, 4) is 5.75 Å². The lowest BCUT2D eigenvalue weighted by atomic mass is 9.84. The van der Waals surface area contributed by atoms with Crippen molar-refractivity contribution in [3.63, 3.8) is 0 Å². The minimum atomic E-state index is -1.03. The standard InChI is InChI=1S/C17H17N3O2/c1-22-14-9-5-6-12(10-14)11-17(13-7-3-2-4-8-13)15(21)19-16(18)20-17/h2-10H,11H2,1H3,(H3,18,19,20,21)/t17-/m1/s1. The fourth-order valence-corrected chi connectivity index (χ4v) is 2.71. The summed E-state index contributed by atoms with van der Waals surface area (Å²) in [5, 5.41) is 2.61. The number of ether oxygens (including phenoxy) is 1. The van der Waals surface area contributed by atoms with Gasteiger partial charge in [-0.05, 0) is 23.3 Å². The van der Waals surface area contributed by atoms with Crippen molar-refractivity contribution in [2.45, 2.75) is 12.0 Å². The summed E-state index contributed by atoms with van der Waals surface area (Å²) < 4.78 is 5.24. The fraction of sp³-hybridized carbons (Fsp3) is 0.176. The molecule has 0 aromatic heterocycles. The minimum Gasteiger partial charge on any atom is -0.497 e. The van der Waals surface area contributed by atoms with E-state index in [0.29, 0.717) is 6.42 Å². The molecule has 0 saturated carbocycles. The molecule has 2 aromatic rings. The molecule has 112 valence electrons. The van der Waals surface area contributed by atoms with Crippen LogP contribution in [0.5, 0.6) is 5.75 Å². The molecule has 0 spiro atoms. The Hall–Kier alpha value is -2.82. The van der Waals surface area contributed by atoms with Crippen LogP contribution < -0.4 is 15.8 Å². The van der Waals surface area contributed by atoms with E-state index >= 15 is 0 Å². The second-order valence-corrected chi connectivity index (χ2v) is 5.21. The molecule has 0 bridgehead atoms. The summed E-state index contributed by atoms with van der Waals surface area (Å²) in [5.74, 6) is 0.687. The Balaban J connectivity index is 2.05. The highest BCUT2D eigenvalue weighted by Crippen LogP contribution is 2.33. The van der Waals surface area contributed by atoms with E-state index in [-0.39, 0.29) is 11.9 Å². The maximum Gasteiger partial charge on any atom is 0.259 e. The average Bonchev–Trinajstić information content (AvgIpc) is 2.83. The predicted molar refractivity (Wildman–Crippen MR) is 84.6 cm³/mol. The quantitative estimate of drug-likeness (QED) is 0.899. The second kappa shape index (κ2) is 5.52. The van der Waals surface area contributed by atoms with Crippen molar-refractivity contribution in [1.82, 2.24) is 5.32 Å². The number of benzene rings is 2. The molecule has 1 aliphatic rings. The number of hydrogen-bond donors (Lipinski definition) is 2. The lowest BCUT2D eigenvalue weighted by molar-refractivity contribution is -0.124. The molecule has 3 rings (SSSR count). The van der Waals surface area contributed by atoms with Crippen LogP contribution >= 0.6 is 0 Å². The first-order valence-corrected chi connectivity index (χ1v) is 6.99. The van der Waals surface area contributed by atoms with E-state index in [2.05, 4.69) is 10.3 Å². The van der Waals surface area contributed by atoms with E-state index in [0.717, 1.165) is 16.9 Å². The monoisotopic (exact) mass is 295 g/mol. The molecule has 5 heteroatoms. The topological polar surface area (TPSA) is 76.7 Å². The smallest absolute Gasteiger partial charge is 0.259 e. The first-order chi connectivity index (χ1) is 10.6. The van der Waals surface area contributed by atoms with Gasteiger partial charge in [-0.25, -0.2) is 4.99 Å². The number of amides is 1. The third kappa shape index (κ3) is 2.41. The van der Waals surface area contributed by atoms with Gasteiger partial charge < -0.3 is 10.5 Å². The Morgan fingerprint density at radius 3 is 2.59 bits per heavy atom. The van der Waals surface area contributed by atoms with Crippen molar-refractivity contribution in [2.75, 3.05) is 7.11 Å². The van der Waals surface area contributed by atoms with Gasteiger partial charge >= 0.3 is 0 Å². The summed E-state index contributed by atoms with van der Waals surface area (Å²) >= 11 is 0. The number of nitrogens with zero attached hydrogens (tertiary/aromatic N) is 1. The lowest BCUT2D eigenvalue weighted by Crippen LogP contribution is -2.40. The van der Waals surface area contributed by atoms with E-state index in [1.165, 1.54) is 0 Å². The molecule has 0 aliphatic carbocycles. The Kier molecular flexibility index (Phi) is 3.55. The maximum atomic E-state index is 12.5. The summed E-state index contributed by atoms with van der Waals surface area (Å²) in [6.45, 7) is 0. The molecule has 3 N–H and O–H groups in total. The highest BCUT2D eigenvalue weighted by Gasteiger charge is 2.44. The first kappa shape index (κ1) is 14.1. The van der Waals surface area contributed by atoms with Crippen LogP contribution in [0.15, 0.2) is 59.6 Å². The van der Waals surface area contributed by atoms with E-state index < -0.39 is 5.54 Å². The van der Waals surface area contributed by atoms with Crippen molar-refractivity contribution < 1.29 is 9.53 Å². The fourth-order valence-electron chi connectivity index (χ4n) is 2.71. The summed E-state index contributed by atoms with van der Waals surface area (Å²) in [4.78, 5) is 16.9. The van der Waals surface area contributed by atoms with Crippen LogP contribution in [0.3, 0.4) is 0 Å². The van der Waals surface area contributed by atoms with Gasteiger partial charge in [0.05, 0.1) is 7.11 Å². The summed E-state index contributed by atoms with van der Waals surface area (Å²) in [7, 11) is 1.62. The molecule has 22 heavy (non-hydrogen) atoms. The molecular formula is C17H17N3O2. The summed E-state index contributed by atoms with van der Waals surface area (Å²) in [6, 6.07) is 17.1. The Morgan fingerprint density at radius 2 is 1.95 bits per heavy atom. The number of guanidine groups is 1. The van der Waals surface area contributed by atoms with Gasteiger partial charge in [-0.1, -0.05) is 42.5 Å². The van der Waals surface area contributed by atoms with Gasteiger partial charge in [0.25, 0.3) is 5.91 Å². The summed E-state index contributed by atoms with van der Waals surface area (Å²) in [6.07, 6.45) is 0.417. The molecule has 2 aromatic carbocycles. The SMILES string of the molecule is COc1cccc(C[C@]2(c3ccccc3)N=C(N)NC2=O)c1. The zero-order valence-corrected chi connectivity index (χ0v) is 12.2. The highest BCUT2D eigenvalue weighted by atomic mass is 16.5. The lowest BCUT2D eigenvalue weighted by Gasteiger charge is -2.24. The van der Waals surface area contributed by atoms with Crippen LogP contribution in [-0.2, 0) is 16.8 Å². The highest BCUT2D eigenvalue weighted by molar-refractivity contribution is 6.07. The third-order valence-corrected chi connectivity index (χ3v) is 3.77. The Labute approximate surface area is 128 Å². The van der Waals surface area contributed by atoms with Crippen molar-refractivity contribution in [2.24, 2.45) is 10.7 Å². The van der Waals surface area contributed by atoms with Gasteiger partial charge in [-0.3, -0.25) is 10.1 Å². The number of hydrogen-bond acceptors (Lipinski definition) is 4. The molecule has 1 atom stereocenters. The molecule has 5 nitrogen and oxygen atoms in total. The number of carbonyl (C=O) groups is 1. The number of nitrogens with two attached hydrogens (primary N) is 1. The zero-order valence-electron chi connectivity index (χ0n) is 12.2. The second-order valence-electron chi connectivity index (χ2n) is 5.21. The molecule has 1 heterocycles. The van der Waals surface area contributed by atoms with Gasteiger partial charge in [0.2, 0.25) is 0 Å². The first-order valence-electron chi connectivity index (χ1n) is 6.99. The minimum absolute atomic E-state index is 0.150. The number of aliphatic imine (C=N–C) groups is 1. The number of carbonyl (C=O) groups excluding carboxylic acids is 1. The molecule has 1 aliphatic heterocycles. The van der Waals surface area contributed by atoms with Gasteiger partial charge in [0, 0.05) is 6.42 Å². The molecular weight excluding hydrogens is 278 g/mol. The molecule has 0 radical (unpaired) electrons. The van der Waals surface area contributed by atoms with E-state index in [1.807, 2.05) is 54.6 Å². The average molecular weight is 295 g/mol. The van der Waals surface area contributed by atoms with Gasteiger partial charge in [0.15, 0.2) is 11.5 Å². The Morgan fingerprint density at radius 1 is 1.18 bits per heavy atom. The number of rotatable bonds is 4. The maximum absolute atomic E-state index is 12.5. The van der Waals surface area contributed by atoms with Crippen molar-refractivity contribution in [3.05, 3.63) is 65.7 Å². The van der Waals surface area contributed by atoms with Gasteiger partial charge in [-0.2, -0.15) is 0 Å². The van der Waals surface area contributed by atoms with Gasteiger partial charge in [0.1, 0.15) is 5.75 Å². The number of methoxy groups -OCH3 is 1. The van der Waals surface area contributed by atoms with Crippen LogP contribution in [-0.4, -0.2) is 19.0 Å². The van der Waals surface area contributed by atoms with Crippen LogP contribution in [0.1, 0.15) is 11.1 Å². The van der Waals surface area contributed by atoms with Crippen molar-refractivity contribution in [1.29, 1.82) is 0 Å². The van der Waals surface area contributed by atoms with Gasteiger partial charge in [-0.15, -0.1) is 0 Å². The molecule has 0 saturated heterocycles. The van der Waals surface area contributed by atoms with Crippen molar-refractivity contribution >= 4 is 11.9 Å². The van der Waals surface area contributed by atoms with Crippen LogP contribution in [0, 0.1) is 0 Å². The predicted octanol–water partition coefficient (Wildman–Crippen LogP) is 1.58. The normalized spacial score (nSPS) is 20.4. The Bertz CT molecular complexity index is 728. The summed E-state index contributed by atoms with van der Waals surface area (Å²) in [5.41, 5.74) is 6.48. The molecule has 0 fully saturated rings.